The zero-order chi connectivity index (χ0) is 27.1. The summed E-state index contributed by atoms with van der Waals surface area (Å²) in [4.78, 5) is 36.9. The molecule has 3 aromatic carbocycles. The summed E-state index contributed by atoms with van der Waals surface area (Å²) in [7, 11) is 1.12. The number of aromatic nitrogens is 2. The molecule has 11 heteroatoms. The molecule has 0 aliphatic heterocycles. The highest BCUT2D eigenvalue weighted by molar-refractivity contribution is 6.07. The van der Waals surface area contributed by atoms with Gasteiger partial charge in [-0.1, -0.05) is 19.1 Å². The smallest absolute Gasteiger partial charge is 0.417 e. The number of esters is 1. The Kier molecular flexibility index (Phi) is 6.55. The predicted octanol–water partition coefficient (Wildman–Crippen LogP) is 5.60. The standard InChI is InChI=1S/C26H18F4N2O5/c1-3-13-5-4-6-18(26(28,29)30)21(13)23(33)32-20-12-14(24(34)35)7-10-17(20)22(31-32)16-9-8-15(11-19(16)27)25(36)37-2/h4-12H,3H2,1-2H3,(H,34,35). The molecular weight excluding hydrogens is 496 g/mol. The fourth-order valence-corrected chi connectivity index (χ4v) is 4.04. The van der Waals surface area contributed by atoms with Crippen molar-refractivity contribution in [2.45, 2.75) is 19.5 Å². The summed E-state index contributed by atoms with van der Waals surface area (Å²) in [6.07, 6.45) is -4.76. The van der Waals surface area contributed by atoms with Gasteiger partial charge in [0.05, 0.1) is 34.9 Å². The second-order valence-corrected chi connectivity index (χ2v) is 7.98. The first kappa shape index (κ1) is 25.5. The number of carbonyl (C=O) groups excluding carboxylic acids is 2. The number of halogens is 4. The first-order valence-electron chi connectivity index (χ1n) is 10.9. The molecule has 0 atom stereocenters. The van der Waals surface area contributed by atoms with Crippen LogP contribution in [0.2, 0.25) is 0 Å². The monoisotopic (exact) mass is 514 g/mol. The molecular formula is C26H18F4N2O5. The van der Waals surface area contributed by atoms with Crippen LogP contribution in [-0.2, 0) is 17.3 Å². The average molecular weight is 514 g/mol. The third-order valence-corrected chi connectivity index (χ3v) is 5.82. The number of aryl methyl sites for hydroxylation is 1. The van der Waals surface area contributed by atoms with E-state index in [4.69, 9.17) is 0 Å². The van der Waals surface area contributed by atoms with Crippen molar-refractivity contribution in [1.29, 1.82) is 0 Å². The molecule has 37 heavy (non-hydrogen) atoms. The van der Waals surface area contributed by atoms with Crippen LogP contribution in [0.3, 0.4) is 0 Å². The van der Waals surface area contributed by atoms with Crippen molar-refractivity contribution in [2.75, 3.05) is 7.11 Å². The molecule has 0 unspecified atom stereocenters. The van der Waals surface area contributed by atoms with Gasteiger partial charge in [-0.15, -0.1) is 0 Å². The summed E-state index contributed by atoms with van der Waals surface area (Å²) in [5.41, 5.74) is -2.48. The van der Waals surface area contributed by atoms with Crippen molar-refractivity contribution in [1.82, 2.24) is 9.78 Å². The Morgan fingerprint density at radius 3 is 2.32 bits per heavy atom. The first-order valence-corrected chi connectivity index (χ1v) is 10.9. The lowest BCUT2D eigenvalue weighted by Gasteiger charge is -2.15. The molecule has 190 valence electrons. The number of benzene rings is 3. The van der Waals surface area contributed by atoms with Crippen LogP contribution < -0.4 is 0 Å². The van der Waals surface area contributed by atoms with Gasteiger partial charge in [-0.05, 0) is 54.4 Å². The Hall–Kier alpha value is -4.54. The molecule has 0 spiro atoms. The molecule has 0 aliphatic rings. The molecule has 0 bridgehead atoms. The van der Waals surface area contributed by atoms with Gasteiger partial charge in [0.25, 0.3) is 5.91 Å². The van der Waals surface area contributed by atoms with Gasteiger partial charge in [0.15, 0.2) is 0 Å². The van der Waals surface area contributed by atoms with Crippen LogP contribution in [0.1, 0.15) is 49.1 Å². The lowest BCUT2D eigenvalue weighted by molar-refractivity contribution is -0.138. The number of fused-ring (bicyclic) bond motifs is 1. The van der Waals surface area contributed by atoms with E-state index in [1.807, 2.05) is 0 Å². The van der Waals surface area contributed by atoms with E-state index in [9.17, 15) is 32.7 Å². The number of carboxylic acids is 1. The van der Waals surface area contributed by atoms with Crippen LogP contribution in [0.25, 0.3) is 22.2 Å². The Morgan fingerprint density at radius 1 is 1.03 bits per heavy atom. The summed E-state index contributed by atoms with van der Waals surface area (Å²) >= 11 is 0. The van der Waals surface area contributed by atoms with Gasteiger partial charge < -0.3 is 9.84 Å². The van der Waals surface area contributed by atoms with Gasteiger partial charge in [-0.25, -0.2) is 14.0 Å². The molecule has 1 heterocycles. The Morgan fingerprint density at radius 2 is 1.73 bits per heavy atom. The van der Waals surface area contributed by atoms with E-state index in [0.717, 1.165) is 25.3 Å². The first-order chi connectivity index (χ1) is 17.5. The van der Waals surface area contributed by atoms with E-state index in [-0.39, 0.29) is 45.3 Å². The molecule has 1 N–H and O–H groups in total. The Balaban J connectivity index is 2.01. The maximum absolute atomic E-state index is 15.1. The second-order valence-electron chi connectivity index (χ2n) is 7.98. The quantitative estimate of drug-likeness (QED) is 0.275. The van der Waals surface area contributed by atoms with E-state index in [1.165, 1.54) is 36.4 Å². The Bertz CT molecular complexity index is 1570. The number of carboxylic acid groups (broad SMARTS) is 1. The van der Waals surface area contributed by atoms with Gasteiger partial charge in [0.1, 0.15) is 11.5 Å². The van der Waals surface area contributed by atoms with Gasteiger partial charge in [0, 0.05) is 10.9 Å². The summed E-state index contributed by atoms with van der Waals surface area (Å²) in [6, 6.07) is 10.3. The SMILES string of the molecule is CCc1cccc(C(F)(F)F)c1C(=O)n1nc(-c2ccc(C(=O)OC)cc2F)c2ccc(C(=O)O)cc21. The van der Waals surface area contributed by atoms with Crippen LogP contribution >= 0.6 is 0 Å². The molecule has 0 aliphatic carbocycles. The molecule has 7 nitrogen and oxygen atoms in total. The summed E-state index contributed by atoms with van der Waals surface area (Å²) < 4.78 is 61.8. The molecule has 0 saturated carbocycles. The fraction of sp³-hybridized carbons (Fsp3) is 0.154. The van der Waals surface area contributed by atoms with Crippen LogP contribution in [0.4, 0.5) is 17.6 Å². The third-order valence-electron chi connectivity index (χ3n) is 5.82. The Labute approximate surface area is 206 Å². The maximum Gasteiger partial charge on any atom is 0.417 e. The van der Waals surface area contributed by atoms with Crippen LogP contribution in [0, 0.1) is 5.82 Å². The molecule has 0 radical (unpaired) electrons. The van der Waals surface area contributed by atoms with Crippen LogP contribution in [0.15, 0.2) is 54.6 Å². The minimum absolute atomic E-state index is 0.0941. The second kappa shape index (κ2) is 9.49. The van der Waals surface area contributed by atoms with Gasteiger partial charge in [0.2, 0.25) is 0 Å². The van der Waals surface area contributed by atoms with Crippen LogP contribution in [-0.4, -0.2) is 39.8 Å². The maximum atomic E-state index is 15.1. The van der Waals surface area contributed by atoms with E-state index >= 15 is 4.39 Å². The van der Waals surface area contributed by atoms with E-state index in [1.54, 1.807) is 6.92 Å². The number of hydrogen-bond donors (Lipinski definition) is 1. The summed E-state index contributed by atoms with van der Waals surface area (Å²) in [5, 5.41) is 13.7. The zero-order valence-electron chi connectivity index (χ0n) is 19.4. The fourth-order valence-electron chi connectivity index (χ4n) is 4.04. The van der Waals surface area contributed by atoms with Crippen molar-refractivity contribution in [3.63, 3.8) is 0 Å². The highest BCUT2D eigenvalue weighted by Crippen LogP contribution is 2.36. The number of hydrogen-bond acceptors (Lipinski definition) is 5. The molecule has 0 fully saturated rings. The molecule has 1 aromatic heterocycles. The summed E-state index contributed by atoms with van der Waals surface area (Å²) in [5.74, 6) is -4.20. The molecule has 4 rings (SSSR count). The number of methoxy groups -OCH3 is 1. The minimum Gasteiger partial charge on any atom is -0.478 e. The van der Waals surface area contributed by atoms with Crippen molar-refractivity contribution in [2.24, 2.45) is 0 Å². The zero-order valence-corrected chi connectivity index (χ0v) is 19.4. The van der Waals surface area contributed by atoms with Crippen LogP contribution in [0.5, 0.6) is 0 Å². The normalized spacial score (nSPS) is 11.5. The van der Waals surface area contributed by atoms with Gasteiger partial charge in [-0.2, -0.15) is 23.0 Å². The average Bonchev–Trinajstić information content (AvgIpc) is 3.25. The van der Waals surface area contributed by atoms with E-state index in [0.29, 0.717) is 4.68 Å². The third kappa shape index (κ3) is 4.55. The van der Waals surface area contributed by atoms with Crippen molar-refractivity contribution >= 4 is 28.7 Å². The lowest BCUT2D eigenvalue weighted by Crippen LogP contribution is -2.21. The highest BCUT2D eigenvalue weighted by Gasteiger charge is 2.37. The van der Waals surface area contributed by atoms with Crippen molar-refractivity contribution in [3.8, 4) is 11.3 Å². The lowest BCUT2D eigenvalue weighted by atomic mass is 9.98. The molecule has 4 aromatic rings. The molecule has 0 saturated heterocycles. The van der Waals surface area contributed by atoms with E-state index < -0.39 is 41.0 Å². The number of carbonyl (C=O) groups is 3. The van der Waals surface area contributed by atoms with Gasteiger partial charge in [-0.3, -0.25) is 4.79 Å². The number of alkyl halides is 3. The van der Waals surface area contributed by atoms with Gasteiger partial charge >= 0.3 is 18.1 Å². The summed E-state index contributed by atoms with van der Waals surface area (Å²) in [6.45, 7) is 1.58. The topological polar surface area (TPSA) is 98.5 Å². The number of rotatable bonds is 5. The number of nitrogens with zero attached hydrogens (tertiary/aromatic N) is 2. The minimum atomic E-state index is -4.86. The number of aromatic carboxylic acids is 1. The molecule has 0 amide bonds. The predicted molar refractivity (Wildman–Crippen MR) is 124 cm³/mol. The number of ether oxygens (including phenoxy) is 1. The van der Waals surface area contributed by atoms with Crippen molar-refractivity contribution in [3.05, 3.63) is 88.2 Å². The highest BCUT2D eigenvalue weighted by atomic mass is 19.4. The van der Waals surface area contributed by atoms with E-state index in [2.05, 4.69) is 9.84 Å². The largest absolute Gasteiger partial charge is 0.478 e. The van der Waals surface area contributed by atoms with Crippen molar-refractivity contribution < 1.29 is 41.8 Å².